The number of hydrogen-bond donors (Lipinski definition) is 0. The van der Waals surface area contributed by atoms with Crippen LogP contribution in [0.4, 0.5) is 13.2 Å². The van der Waals surface area contributed by atoms with E-state index in [-0.39, 0.29) is 37.0 Å². The van der Waals surface area contributed by atoms with Gasteiger partial charge >= 0.3 is 6.18 Å². The zero-order valence-electron chi connectivity index (χ0n) is 14.7. The summed E-state index contributed by atoms with van der Waals surface area (Å²) in [6.45, 7) is 3.62. The smallest absolute Gasteiger partial charge is 0.433 e. The van der Waals surface area contributed by atoms with Gasteiger partial charge in [-0.15, -0.1) is 0 Å². The number of likely N-dealkylation sites (tertiary alicyclic amines) is 1. The summed E-state index contributed by atoms with van der Waals surface area (Å²) in [6.07, 6.45) is -3.67. The quantitative estimate of drug-likeness (QED) is 0.802. The number of nitrogens with zero attached hydrogens (tertiary/aromatic N) is 4. The Morgan fingerprint density at radius 1 is 1.30 bits per heavy atom. The lowest BCUT2D eigenvalue weighted by molar-refractivity contribution is -0.142. The SMILES string of the molecule is Cc1ncn(CC(=O)N2CC(Oc3cccc(C(F)(F)F)n3)C2)c(=O)c1C. The third-order valence-corrected chi connectivity index (χ3v) is 4.32. The van der Waals surface area contributed by atoms with Gasteiger partial charge in [-0.1, -0.05) is 6.07 Å². The third kappa shape index (κ3) is 4.09. The molecule has 1 saturated heterocycles. The molecule has 10 heteroatoms. The molecule has 1 amide bonds. The Morgan fingerprint density at radius 2 is 2.00 bits per heavy atom. The van der Waals surface area contributed by atoms with Crippen molar-refractivity contribution >= 4 is 5.91 Å². The van der Waals surface area contributed by atoms with Crippen molar-refractivity contribution in [1.82, 2.24) is 19.4 Å². The van der Waals surface area contributed by atoms with E-state index in [1.165, 1.54) is 27.9 Å². The summed E-state index contributed by atoms with van der Waals surface area (Å²) >= 11 is 0. The molecule has 0 atom stereocenters. The number of hydrogen-bond acceptors (Lipinski definition) is 5. The van der Waals surface area contributed by atoms with Crippen LogP contribution in [0.3, 0.4) is 0 Å². The largest absolute Gasteiger partial charge is 0.471 e. The molecule has 1 aliphatic rings. The molecule has 0 aliphatic carbocycles. The summed E-state index contributed by atoms with van der Waals surface area (Å²) in [7, 11) is 0. The van der Waals surface area contributed by atoms with Gasteiger partial charge < -0.3 is 9.64 Å². The van der Waals surface area contributed by atoms with Gasteiger partial charge in [-0.2, -0.15) is 13.2 Å². The van der Waals surface area contributed by atoms with Crippen LogP contribution in [0, 0.1) is 13.8 Å². The summed E-state index contributed by atoms with van der Waals surface area (Å²) < 4.78 is 44.6. The van der Waals surface area contributed by atoms with E-state index in [9.17, 15) is 22.8 Å². The molecule has 0 N–H and O–H groups in total. The Kier molecular flexibility index (Phi) is 4.90. The monoisotopic (exact) mass is 382 g/mol. The van der Waals surface area contributed by atoms with Crippen LogP contribution in [0.15, 0.2) is 29.3 Å². The maximum absolute atomic E-state index is 12.7. The summed E-state index contributed by atoms with van der Waals surface area (Å²) in [5.41, 5.74) is -0.230. The molecule has 3 rings (SSSR count). The maximum Gasteiger partial charge on any atom is 0.433 e. The average Bonchev–Trinajstić information content (AvgIpc) is 2.57. The fourth-order valence-electron chi connectivity index (χ4n) is 2.56. The van der Waals surface area contributed by atoms with Crippen molar-refractivity contribution in [3.05, 3.63) is 51.8 Å². The summed E-state index contributed by atoms with van der Waals surface area (Å²) in [5.74, 6) is -0.435. The van der Waals surface area contributed by atoms with Gasteiger partial charge in [-0.3, -0.25) is 14.2 Å². The number of pyridine rings is 1. The lowest BCUT2D eigenvalue weighted by atomic mass is 10.1. The van der Waals surface area contributed by atoms with Crippen LogP contribution in [0.2, 0.25) is 0 Å². The Balaban J connectivity index is 1.56. The van der Waals surface area contributed by atoms with E-state index in [2.05, 4.69) is 9.97 Å². The molecule has 2 aromatic heterocycles. The average molecular weight is 382 g/mol. The van der Waals surface area contributed by atoms with E-state index in [1.54, 1.807) is 13.8 Å². The molecule has 0 bridgehead atoms. The second-order valence-electron chi connectivity index (χ2n) is 6.29. The predicted molar refractivity (Wildman–Crippen MR) is 88.2 cm³/mol. The number of halogens is 3. The highest BCUT2D eigenvalue weighted by Crippen LogP contribution is 2.29. The van der Waals surface area contributed by atoms with E-state index in [1.807, 2.05) is 0 Å². The second-order valence-corrected chi connectivity index (χ2v) is 6.29. The van der Waals surface area contributed by atoms with Crippen LogP contribution in [0.25, 0.3) is 0 Å². The molecule has 144 valence electrons. The lowest BCUT2D eigenvalue weighted by Crippen LogP contribution is -2.57. The highest BCUT2D eigenvalue weighted by atomic mass is 19.4. The Bertz CT molecular complexity index is 920. The number of ether oxygens (including phenoxy) is 1. The first-order valence-corrected chi connectivity index (χ1v) is 8.16. The molecule has 7 nitrogen and oxygen atoms in total. The number of aromatic nitrogens is 3. The molecule has 0 aromatic carbocycles. The van der Waals surface area contributed by atoms with Gasteiger partial charge in [0.25, 0.3) is 5.56 Å². The van der Waals surface area contributed by atoms with Gasteiger partial charge in [0, 0.05) is 17.3 Å². The van der Waals surface area contributed by atoms with E-state index in [4.69, 9.17) is 4.74 Å². The Labute approximate surface area is 152 Å². The van der Waals surface area contributed by atoms with E-state index >= 15 is 0 Å². The van der Waals surface area contributed by atoms with E-state index < -0.39 is 18.0 Å². The Hall–Kier alpha value is -2.91. The molecule has 1 aliphatic heterocycles. The zero-order valence-corrected chi connectivity index (χ0v) is 14.7. The van der Waals surface area contributed by atoms with Crippen LogP contribution in [-0.4, -0.2) is 44.5 Å². The van der Waals surface area contributed by atoms with Crippen molar-refractivity contribution in [1.29, 1.82) is 0 Å². The number of aryl methyl sites for hydroxylation is 1. The van der Waals surface area contributed by atoms with Gasteiger partial charge in [0.1, 0.15) is 18.3 Å². The van der Waals surface area contributed by atoms with Crippen LogP contribution in [0.5, 0.6) is 5.88 Å². The molecular weight excluding hydrogens is 365 g/mol. The van der Waals surface area contributed by atoms with Crippen molar-refractivity contribution in [3.8, 4) is 5.88 Å². The van der Waals surface area contributed by atoms with Gasteiger partial charge in [0.05, 0.1) is 19.4 Å². The Morgan fingerprint density at radius 3 is 2.67 bits per heavy atom. The fourth-order valence-corrected chi connectivity index (χ4v) is 2.56. The van der Waals surface area contributed by atoms with Crippen molar-refractivity contribution in [3.63, 3.8) is 0 Å². The number of carbonyl (C=O) groups excluding carboxylic acids is 1. The molecule has 27 heavy (non-hydrogen) atoms. The van der Waals surface area contributed by atoms with Gasteiger partial charge in [0.15, 0.2) is 0 Å². The number of amides is 1. The van der Waals surface area contributed by atoms with Gasteiger partial charge in [-0.05, 0) is 19.9 Å². The van der Waals surface area contributed by atoms with Crippen molar-refractivity contribution in [2.45, 2.75) is 32.7 Å². The first-order valence-electron chi connectivity index (χ1n) is 8.16. The highest BCUT2D eigenvalue weighted by molar-refractivity contribution is 5.77. The predicted octanol–water partition coefficient (Wildman–Crippen LogP) is 1.56. The van der Waals surface area contributed by atoms with Crippen molar-refractivity contribution in [2.24, 2.45) is 0 Å². The summed E-state index contributed by atoms with van der Waals surface area (Å²) in [5, 5.41) is 0. The minimum atomic E-state index is -4.55. The fraction of sp³-hybridized carbons (Fsp3) is 0.412. The molecule has 2 aromatic rings. The normalized spacial score (nSPS) is 14.8. The third-order valence-electron chi connectivity index (χ3n) is 4.32. The van der Waals surface area contributed by atoms with E-state index in [0.29, 0.717) is 11.3 Å². The number of alkyl halides is 3. The molecule has 0 unspecified atom stereocenters. The van der Waals surface area contributed by atoms with Crippen LogP contribution in [0.1, 0.15) is 17.0 Å². The van der Waals surface area contributed by atoms with Crippen LogP contribution < -0.4 is 10.3 Å². The molecule has 1 fully saturated rings. The second kappa shape index (κ2) is 7.01. The molecule has 3 heterocycles. The standard InChI is InChI=1S/C17H17F3N4O3/c1-10-11(2)21-9-24(16(10)26)8-15(25)23-6-12(7-23)27-14-5-3-4-13(22-14)17(18,19)20/h3-5,9,12H,6-8H2,1-2H3. The van der Waals surface area contributed by atoms with Crippen molar-refractivity contribution < 1.29 is 22.7 Å². The van der Waals surface area contributed by atoms with Crippen LogP contribution >= 0.6 is 0 Å². The molecule has 0 saturated carbocycles. The molecule has 0 spiro atoms. The van der Waals surface area contributed by atoms with Crippen molar-refractivity contribution in [2.75, 3.05) is 13.1 Å². The topological polar surface area (TPSA) is 77.3 Å². The molecule has 0 radical (unpaired) electrons. The summed E-state index contributed by atoms with van der Waals surface area (Å²) in [4.78, 5) is 33.3. The number of carbonyl (C=O) groups is 1. The highest BCUT2D eigenvalue weighted by Gasteiger charge is 2.35. The maximum atomic E-state index is 12.7. The zero-order chi connectivity index (χ0) is 19.8. The lowest BCUT2D eigenvalue weighted by Gasteiger charge is -2.38. The minimum Gasteiger partial charge on any atom is -0.471 e. The van der Waals surface area contributed by atoms with Crippen LogP contribution in [-0.2, 0) is 17.5 Å². The molecular formula is C17H17F3N4O3. The summed E-state index contributed by atoms with van der Waals surface area (Å²) in [6, 6.07) is 3.41. The number of rotatable bonds is 4. The van der Waals surface area contributed by atoms with E-state index in [0.717, 1.165) is 6.07 Å². The first-order chi connectivity index (χ1) is 12.6. The van der Waals surface area contributed by atoms with Gasteiger partial charge in [-0.25, -0.2) is 9.97 Å². The van der Waals surface area contributed by atoms with Gasteiger partial charge in [0.2, 0.25) is 11.8 Å². The first kappa shape index (κ1) is 18.9. The minimum absolute atomic E-state index is 0.142.